The van der Waals surface area contributed by atoms with Gasteiger partial charge in [0, 0.05) is 19.0 Å². The Morgan fingerprint density at radius 2 is 2.25 bits per heavy atom. The van der Waals surface area contributed by atoms with Crippen LogP contribution in [0.2, 0.25) is 0 Å². The standard InChI is InChI=1S/C7H13N5/c1-5(2)12-7(9-10-11-12)6-3-8-4-6/h5-6,8H,3-4H2,1-2H3. The molecule has 0 bridgehead atoms. The molecule has 2 rings (SSSR count). The summed E-state index contributed by atoms with van der Waals surface area (Å²) in [5.41, 5.74) is 0. The molecular weight excluding hydrogens is 154 g/mol. The number of rotatable bonds is 2. The van der Waals surface area contributed by atoms with Crippen LogP contribution < -0.4 is 5.32 Å². The van der Waals surface area contributed by atoms with E-state index in [0.717, 1.165) is 18.9 Å². The zero-order valence-corrected chi connectivity index (χ0v) is 7.36. The van der Waals surface area contributed by atoms with Crippen molar-refractivity contribution in [1.29, 1.82) is 0 Å². The Morgan fingerprint density at radius 3 is 2.75 bits per heavy atom. The van der Waals surface area contributed by atoms with E-state index in [1.165, 1.54) is 0 Å². The summed E-state index contributed by atoms with van der Waals surface area (Å²) in [6.07, 6.45) is 0. The van der Waals surface area contributed by atoms with Gasteiger partial charge in [-0.05, 0) is 24.3 Å². The number of nitrogens with one attached hydrogen (secondary N) is 1. The normalized spacial score (nSPS) is 18.2. The van der Waals surface area contributed by atoms with E-state index in [0.29, 0.717) is 12.0 Å². The largest absolute Gasteiger partial charge is 0.315 e. The van der Waals surface area contributed by atoms with E-state index in [2.05, 4.69) is 34.7 Å². The van der Waals surface area contributed by atoms with Gasteiger partial charge in [0.1, 0.15) is 0 Å². The lowest BCUT2D eigenvalue weighted by Crippen LogP contribution is -2.41. The molecule has 1 saturated heterocycles. The average molecular weight is 167 g/mol. The zero-order valence-electron chi connectivity index (χ0n) is 7.36. The summed E-state index contributed by atoms with van der Waals surface area (Å²) in [6, 6.07) is 0.357. The van der Waals surface area contributed by atoms with Gasteiger partial charge in [-0.25, -0.2) is 4.68 Å². The summed E-state index contributed by atoms with van der Waals surface area (Å²) < 4.78 is 1.89. The van der Waals surface area contributed by atoms with Crippen molar-refractivity contribution >= 4 is 0 Å². The molecule has 2 heterocycles. The minimum atomic E-state index is 0.357. The van der Waals surface area contributed by atoms with Crippen LogP contribution in [-0.4, -0.2) is 33.3 Å². The number of hydrogen-bond donors (Lipinski definition) is 1. The Bertz CT molecular complexity index is 263. The summed E-state index contributed by atoms with van der Waals surface area (Å²) in [7, 11) is 0. The monoisotopic (exact) mass is 167 g/mol. The maximum atomic E-state index is 4.02. The third kappa shape index (κ3) is 1.10. The van der Waals surface area contributed by atoms with Crippen molar-refractivity contribution in [2.45, 2.75) is 25.8 Å². The Kier molecular flexibility index (Phi) is 1.80. The first-order valence-electron chi connectivity index (χ1n) is 4.27. The van der Waals surface area contributed by atoms with Crippen molar-refractivity contribution in [2.24, 2.45) is 0 Å². The summed E-state index contributed by atoms with van der Waals surface area (Å²) in [4.78, 5) is 0. The average Bonchev–Trinajstić information content (AvgIpc) is 2.31. The number of hydrogen-bond acceptors (Lipinski definition) is 4. The molecule has 1 aliphatic rings. The van der Waals surface area contributed by atoms with Crippen LogP contribution >= 0.6 is 0 Å². The van der Waals surface area contributed by atoms with Gasteiger partial charge in [0.05, 0.1) is 6.04 Å². The molecule has 1 N–H and O–H groups in total. The van der Waals surface area contributed by atoms with Crippen molar-refractivity contribution in [3.63, 3.8) is 0 Å². The number of tetrazole rings is 1. The van der Waals surface area contributed by atoms with Gasteiger partial charge in [-0.1, -0.05) is 0 Å². The second-order valence-electron chi connectivity index (χ2n) is 3.43. The fraction of sp³-hybridized carbons (Fsp3) is 0.857. The van der Waals surface area contributed by atoms with Crippen molar-refractivity contribution in [3.05, 3.63) is 5.82 Å². The molecule has 0 amide bonds. The summed E-state index contributed by atoms with van der Waals surface area (Å²) in [5, 5.41) is 14.9. The summed E-state index contributed by atoms with van der Waals surface area (Å²) >= 11 is 0. The zero-order chi connectivity index (χ0) is 8.55. The van der Waals surface area contributed by atoms with E-state index in [1.807, 2.05) is 4.68 Å². The summed E-state index contributed by atoms with van der Waals surface area (Å²) in [5.74, 6) is 1.53. The smallest absolute Gasteiger partial charge is 0.157 e. The molecule has 1 fully saturated rings. The van der Waals surface area contributed by atoms with Gasteiger partial charge in [-0.2, -0.15) is 0 Å². The first kappa shape index (κ1) is 7.67. The van der Waals surface area contributed by atoms with E-state index in [1.54, 1.807) is 0 Å². The molecule has 0 atom stereocenters. The van der Waals surface area contributed by atoms with Gasteiger partial charge in [0.15, 0.2) is 5.82 Å². The predicted molar refractivity (Wildman–Crippen MR) is 43.8 cm³/mol. The molecule has 0 radical (unpaired) electrons. The maximum Gasteiger partial charge on any atom is 0.157 e. The van der Waals surface area contributed by atoms with Crippen LogP contribution in [0.3, 0.4) is 0 Å². The highest BCUT2D eigenvalue weighted by atomic mass is 15.5. The quantitative estimate of drug-likeness (QED) is 0.670. The molecule has 0 unspecified atom stereocenters. The first-order valence-corrected chi connectivity index (χ1v) is 4.27. The second-order valence-corrected chi connectivity index (χ2v) is 3.43. The minimum Gasteiger partial charge on any atom is -0.315 e. The van der Waals surface area contributed by atoms with Gasteiger partial charge in [-0.15, -0.1) is 5.10 Å². The molecule has 1 aromatic rings. The third-order valence-electron chi connectivity index (χ3n) is 2.15. The third-order valence-corrected chi connectivity index (χ3v) is 2.15. The molecule has 1 aliphatic heterocycles. The fourth-order valence-electron chi connectivity index (χ4n) is 1.31. The molecule has 0 saturated carbocycles. The lowest BCUT2D eigenvalue weighted by molar-refractivity contribution is 0.390. The lowest BCUT2D eigenvalue weighted by atomic mass is 10.0. The van der Waals surface area contributed by atoms with Crippen LogP contribution in [0.4, 0.5) is 0 Å². The van der Waals surface area contributed by atoms with Gasteiger partial charge in [-0.3, -0.25) is 0 Å². The Morgan fingerprint density at radius 1 is 1.50 bits per heavy atom. The van der Waals surface area contributed by atoms with Crippen molar-refractivity contribution < 1.29 is 0 Å². The minimum absolute atomic E-state index is 0.357. The van der Waals surface area contributed by atoms with Crippen molar-refractivity contribution in [1.82, 2.24) is 25.5 Å². The van der Waals surface area contributed by atoms with Crippen LogP contribution in [-0.2, 0) is 0 Å². The van der Waals surface area contributed by atoms with E-state index in [4.69, 9.17) is 0 Å². The molecule has 66 valence electrons. The van der Waals surface area contributed by atoms with Crippen molar-refractivity contribution in [2.75, 3.05) is 13.1 Å². The molecule has 5 heteroatoms. The molecule has 0 spiro atoms. The second kappa shape index (κ2) is 2.82. The van der Waals surface area contributed by atoms with Gasteiger partial charge in [0.2, 0.25) is 0 Å². The topological polar surface area (TPSA) is 55.6 Å². The van der Waals surface area contributed by atoms with Crippen LogP contribution in [0.5, 0.6) is 0 Å². The van der Waals surface area contributed by atoms with Crippen LogP contribution in [0.1, 0.15) is 31.6 Å². The van der Waals surface area contributed by atoms with Gasteiger partial charge >= 0.3 is 0 Å². The number of nitrogens with zero attached hydrogens (tertiary/aromatic N) is 4. The summed E-state index contributed by atoms with van der Waals surface area (Å²) in [6.45, 7) is 6.19. The molecule has 0 aromatic carbocycles. The molecule has 12 heavy (non-hydrogen) atoms. The van der Waals surface area contributed by atoms with Crippen LogP contribution in [0.25, 0.3) is 0 Å². The van der Waals surface area contributed by atoms with E-state index < -0.39 is 0 Å². The SMILES string of the molecule is CC(C)n1nnnc1C1CNC1. The van der Waals surface area contributed by atoms with Crippen LogP contribution in [0, 0.1) is 0 Å². The molecule has 5 nitrogen and oxygen atoms in total. The number of aromatic nitrogens is 4. The highest BCUT2D eigenvalue weighted by Crippen LogP contribution is 2.18. The molecule has 0 aliphatic carbocycles. The lowest BCUT2D eigenvalue weighted by Gasteiger charge is -2.26. The maximum absolute atomic E-state index is 4.02. The van der Waals surface area contributed by atoms with E-state index in [9.17, 15) is 0 Å². The van der Waals surface area contributed by atoms with Gasteiger partial charge < -0.3 is 5.32 Å². The van der Waals surface area contributed by atoms with E-state index >= 15 is 0 Å². The van der Waals surface area contributed by atoms with Crippen molar-refractivity contribution in [3.8, 4) is 0 Å². The highest BCUT2D eigenvalue weighted by Gasteiger charge is 2.25. The van der Waals surface area contributed by atoms with E-state index in [-0.39, 0.29) is 0 Å². The fourth-order valence-corrected chi connectivity index (χ4v) is 1.31. The van der Waals surface area contributed by atoms with Gasteiger partial charge in [0.25, 0.3) is 0 Å². The Balaban J connectivity index is 2.23. The first-order chi connectivity index (χ1) is 5.79. The predicted octanol–water partition coefficient (Wildman–Crippen LogP) is -0.0592. The Hall–Kier alpha value is -0.970. The molecular formula is C7H13N5. The Labute approximate surface area is 71.1 Å². The highest BCUT2D eigenvalue weighted by molar-refractivity contribution is 5.02. The van der Waals surface area contributed by atoms with Crippen LogP contribution in [0.15, 0.2) is 0 Å². The molecule has 1 aromatic heterocycles.